The quantitative estimate of drug-likeness (QED) is 0.514. The molecule has 0 saturated heterocycles. The van der Waals surface area contributed by atoms with Crippen molar-refractivity contribution in [3.63, 3.8) is 0 Å². The third-order valence-corrected chi connectivity index (χ3v) is 2.65. The second kappa shape index (κ2) is 7.10. The molecule has 7 heteroatoms. The lowest BCUT2D eigenvalue weighted by Crippen LogP contribution is -2.38. The molecule has 1 unspecified atom stereocenters. The average molecular weight is 302 g/mol. The van der Waals surface area contributed by atoms with E-state index in [0.717, 1.165) is 12.5 Å². The average Bonchev–Trinajstić information content (AvgIpc) is 2.35. The number of alkyl halides is 3. The number of nitrogens with one attached hydrogen (secondary N) is 1. The Balaban J connectivity index is 2.92. The van der Waals surface area contributed by atoms with E-state index in [4.69, 9.17) is 0 Å². The van der Waals surface area contributed by atoms with E-state index in [1.807, 2.05) is 13.0 Å². The summed E-state index contributed by atoms with van der Waals surface area (Å²) in [6.45, 7) is 4.31. The fourth-order valence-corrected chi connectivity index (χ4v) is 1.70. The third kappa shape index (κ3) is 5.09. The van der Waals surface area contributed by atoms with E-state index in [0.29, 0.717) is 5.69 Å². The molecule has 1 N–H and O–H groups in total. The van der Waals surface area contributed by atoms with Gasteiger partial charge in [0.25, 0.3) is 0 Å². The first-order valence-corrected chi connectivity index (χ1v) is 6.36. The Kier molecular flexibility index (Phi) is 5.75. The van der Waals surface area contributed by atoms with Gasteiger partial charge in [-0.25, -0.2) is 0 Å². The molecular formula is C14H17F3N2O2. The molecular weight excluding hydrogens is 285 g/mol. The predicted molar refractivity (Wildman–Crippen MR) is 74.1 cm³/mol. The molecule has 0 bridgehead atoms. The van der Waals surface area contributed by atoms with Crippen molar-refractivity contribution < 1.29 is 22.7 Å². The van der Waals surface area contributed by atoms with Gasteiger partial charge in [0.15, 0.2) is 5.92 Å². The zero-order valence-corrected chi connectivity index (χ0v) is 12.0. The maximum Gasteiger partial charge on any atom is 0.407 e. The molecule has 0 aliphatic rings. The summed E-state index contributed by atoms with van der Waals surface area (Å²) in [7, 11) is 0. The van der Waals surface area contributed by atoms with Crippen LogP contribution in [0.5, 0.6) is 0 Å². The normalized spacial score (nSPS) is 13.7. The number of nitrogens with zero attached hydrogens (tertiary/aromatic N) is 1. The van der Waals surface area contributed by atoms with E-state index < -0.39 is 23.8 Å². The fraction of sp³-hybridized carbons (Fsp3) is 0.429. The summed E-state index contributed by atoms with van der Waals surface area (Å²) in [4.78, 5) is 11.4. The van der Waals surface area contributed by atoms with Crippen LogP contribution in [0.2, 0.25) is 0 Å². The number of rotatable bonds is 5. The topological polar surface area (TPSA) is 50.7 Å². The summed E-state index contributed by atoms with van der Waals surface area (Å²) in [5.74, 6) is -3.72. The SMILES string of the molecule is CCOC(=O)C(C(C)=NNc1cccc(C)c1)C(F)(F)F. The van der Waals surface area contributed by atoms with E-state index in [-0.39, 0.29) is 6.61 Å². The molecule has 0 heterocycles. The number of aryl methyl sites for hydroxylation is 1. The Bertz CT molecular complexity index is 527. The molecule has 4 nitrogen and oxygen atoms in total. The van der Waals surface area contributed by atoms with Crippen molar-refractivity contribution in [1.82, 2.24) is 0 Å². The van der Waals surface area contributed by atoms with E-state index in [1.165, 1.54) is 6.92 Å². The molecule has 0 aliphatic carbocycles. The predicted octanol–water partition coefficient (Wildman–Crippen LogP) is 3.52. The van der Waals surface area contributed by atoms with Gasteiger partial charge in [0.1, 0.15) is 0 Å². The minimum Gasteiger partial charge on any atom is -0.465 e. The van der Waals surface area contributed by atoms with E-state index >= 15 is 0 Å². The smallest absolute Gasteiger partial charge is 0.407 e. The molecule has 0 spiro atoms. The molecule has 0 amide bonds. The third-order valence-electron chi connectivity index (χ3n) is 2.65. The van der Waals surface area contributed by atoms with Crippen molar-refractivity contribution in [3.05, 3.63) is 29.8 Å². The van der Waals surface area contributed by atoms with Crippen LogP contribution in [-0.2, 0) is 9.53 Å². The summed E-state index contributed by atoms with van der Waals surface area (Å²) < 4.78 is 43.2. The second-order valence-electron chi connectivity index (χ2n) is 4.46. The van der Waals surface area contributed by atoms with Gasteiger partial charge in [0.05, 0.1) is 18.0 Å². The lowest BCUT2D eigenvalue weighted by Gasteiger charge is -2.18. The van der Waals surface area contributed by atoms with Gasteiger partial charge < -0.3 is 4.74 Å². The van der Waals surface area contributed by atoms with Gasteiger partial charge in [-0.15, -0.1) is 0 Å². The molecule has 0 aliphatic heterocycles. The van der Waals surface area contributed by atoms with Crippen molar-refractivity contribution in [1.29, 1.82) is 0 Å². The van der Waals surface area contributed by atoms with E-state index in [2.05, 4.69) is 15.3 Å². The van der Waals surface area contributed by atoms with E-state index in [1.54, 1.807) is 18.2 Å². The maximum absolute atomic E-state index is 12.9. The number of hydrogen-bond donors (Lipinski definition) is 1. The van der Waals surface area contributed by atoms with Crippen molar-refractivity contribution in [2.24, 2.45) is 11.0 Å². The van der Waals surface area contributed by atoms with Crippen LogP contribution in [0, 0.1) is 12.8 Å². The van der Waals surface area contributed by atoms with Crippen molar-refractivity contribution >= 4 is 17.4 Å². The van der Waals surface area contributed by atoms with Gasteiger partial charge in [0, 0.05) is 0 Å². The summed E-state index contributed by atoms with van der Waals surface area (Å²) in [6, 6.07) is 6.98. The zero-order chi connectivity index (χ0) is 16.0. The number of anilines is 1. The monoisotopic (exact) mass is 302 g/mol. The number of esters is 1. The Hall–Kier alpha value is -2.05. The Labute approximate surface area is 121 Å². The van der Waals surface area contributed by atoms with Gasteiger partial charge >= 0.3 is 12.1 Å². The molecule has 1 rings (SSSR count). The first-order chi connectivity index (χ1) is 9.75. The molecule has 0 aromatic heterocycles. The van der Waals surface area contributed by atoms with Crippen molar-refractivity contribution in [2.45, 2.75) is 26.9 Å². The minimum absolute atomic E-state index is 0.121. The molecule has 0 fully saturated rings. The molecule has 0 radical (unpaired) electrons. The fourth-order valence-electron chi connectivity index (χ4n) is 1.70. The summed E-state index contributed by atoms with van der Waals surface area (Å²) in [5.41, 5.74) is 3.59. The highest BCUT2D eigenvalue weighted by atomic mass is 19.4. The number of hydrazone groups is 1. The largest absolute Gasteiger partial charge is 0.465 e. The van der Waals surface area contributed by atoms with Gasteiger partial charge in [-0.1, -0.05) is 12.1 Å². The van der Waals surface area contributed by atoms with Crippen LogP contribution in [0.25, 0.3) is 0 Å². The Morgan fingerprint density at radius 2 is 2.10 bits per heavy atom. The second-order valence-corrected chi connectivity index (χ2v) is 4.46. The summed E-state index contributed by atoms with van der Waals surface area (Å²) in [6.07, 6.45) is -4.74. The van der Waals surface area contributed by atoms with Gasteiger partial charge in [-0.05, 0) is 38.5 Å². The lowest BCUT2D eigenvalue weighted by molar-refractivity contribution is -0.184. The lowest BCUT2D eigenvalue weighted by atomic mass is 10.0. The maximum atomic E-state index is 12.9. The molecule has 1 atom stereocenters. The molecule has 1 aromatic rings. The number of carbonyl (C=O) groups is 1. The Morgan fingerprint density at radius 1 is 1.43 bits per heavy atom. The first-order valence-electron chi connectivity index (χ1n) is 6.36. The van der Waals surface area contributed by atoms with E-state index in [9.17, 15) is 18.0 Å². The summed E-state index contributed by atoms with van der Waals surface area (Å²) in [5, 5.41) is 3.65. The van der Waals surface area contributed by atoms with Gasteiger partial charge in [-0.3, -0.25) is 10.2 Å². The highest BCUT2D eigenvalue weighted by Crippen LogP contribution is 2.28. The Morgan fingerprint density at radius 3 is 2.62 bits per heavy atom. The number of carbonyl (C=O) groups excluding carboxylic acids is 1. The zero-order valence-electron chi connectivity index (χ0n) is 12.0. The summed E-state index contributed by atoms with van der Waals surface area (Å²) >= 11 is 0. The number of halogens is 3. The highest BCUT2D eigenvalue weighted by Gasteiger charge is 2.48. The van der Waals surface area contributed by atoms with Gasteiger partial charge in [0.2, 0.25) is 0 Å². The molecule has 21 heavy (non-hydrogen) atoms. The van der Waals surface area contributed by atoms with Crippen LogP contribution in [0.1, 0.15) is 19.4 Å². The standard InChI is InChI=1S/C14H17F3N2O2/c1-4-21-13(20)12(14(15,16)17)10(3)18-19-11-7-5-6-9(2)8-11/h5-8,12,19H,4H2,1-3H3. The first kappa shape index (κ1) is 17.0. The van der Waals surface area contributed by atoms with Crippen LogP contribution in [-0.4, -0.2) is 24.5 Å². The number of hydrogen-bond acceptors (Lipinski definition) is 4. The minimum atomic E-state index is -4.74. The van der Waals surface area contributed by atoms with Crippen molar-refractivity contribution in [3.8, 4) is 0 Å². The van der Waals surface area contributed by atoms with Crippen molar-refractivity contribution in [2.75, 3.05) is 12.0 Å². The van der Waals surface area contributed by atoms with Crippen LogP contribution >= 0.6 is 0 Å². The van der Waals surface area contributed by atoms with Crippen LogP contribution in [0.4, 0.5) is 18.9 Å². The highest BCUT2D eigenvalue weighted by molar-refractivity contribution is 6.02. The number of ether oxygens (including phenoxy) is 1. The molecule has 0 saturated carbocycles. The van der Waals surface area contributed by atoms with Crippen LogP contribution in [0.15, 0.2) is 29.4 Å². The number of benzene rings is 1. The van der Waals surface area contributed by atoms with Gasteiger partial charge in [-0.2, -0.15) is 18.3 Å². The molecule has 1 aromatic carbocycles. The van der Waals surface area contributed by atoms with Crippen LogP contribution in [0.3, 0.4) is 0 Å². The molecule has 116 valence electrons. The van der Waals surface area contributed by atoms with Crippen LogP contribution < -0.4 is 5.43 Å².